The highest BCUT2D eigenvalue weighted by molar-refractivity contribution is 5.84. The maximum absolute atomic E-state index is 5.75. The Morgan fingerprint density at radius 1 is 1.19 bits per heavy atom. The van der Waals surface area contributed by atoms with Gasteiger partial charge in [-0.2, -0.15) is 0 Å². The Morgan fingerprint density at radius 2 is 2.00 bits per heavy atom. The van der Waals surface area contributed by atoms with Gasteiger partial charge in [0.25, 0.3) is 0 Å². The van der Waals surface area contributed by atoms with Gasteiger partial charge in [0.1, 0.15) is 18.2 Å². The topological polar surface area (TPSA) is 73.6 Å². The largest absolute Gasteiger partial charge is 0.491 e. The van der Waals surface area contributed by atoms with Gasteiger partial charge in [0.05, 0.1) is 17.6 Å². The molecule has 7 heteroatoms. The molecule has 0 radical (unpaired) electrons. The second-order valence-corrected chi connectivity index (χ2v) is 8.03. The first kappa shape index (κ1) is 24.0. The quantitative estimate of drug-likeness (QED) is 0.282. The molecular formula is C25H39N5O2. The minimum Gasteiger partial charge on any atom is -0.491 e. The van der Waals surface area contributed by atoms with Crippen LogP contribution in [0.3, 0.4) is 0 Å². The van der Waals surface area contributed by atoms with Crippen molar-refractivity contribution in [2.75, 3.05) is 32.2 Å². The van der Waals surface area contributed by atoms with Gasteiger partial charge < -0.3 is 14.8 Å². The first-order valence-corrected chi connectivity index (χ1v) is 11.9. The Morgan fingerprint density at radius 3 is 2.75 bits per heavy atom. The predicted molar refractivity (Wildman–Crippen MR) is 133 cm³/mol. The summed E-state index contributed by atoms with van der Waals surface area (Å²) < 4.78 is 12.9. The van der Waals surface area contributed by atoms with Crippen molar-refractivity contribution in [1.82, 2.24) is 19.6 Å². The summed E-state index contributed by atoms with van der Waals surface area (Å²) in [5.74, 6) is 3.20. The van der Waals surface area contributed by atoms with Crippen LogP contribution >= 0.6 is 0 Å². The number of nitrogens with zero attached hydrogens (tertiary/aromatic N) is 4. The first-order valence-electron chi connectivity index (χ1n) is 11.9. The van der Waals surface area contributed by atoms with Crippen LogP contribution in [0.5, 0.6) is 5.75 Å². The van der Waals surface area contributed by atoms with Crippen molar-refractivity contribution in [3.63, 3.8) is 0 Å². The Balaban J connectivity index is 0.00000125. The molecule has 0 bridgehead atoms. The smallest absolute Gasteiger partial charge is 0.204 e. The van der Waals surface area contributed by atoms with Crippen molar-refractivity contribution in [2.45, 2.75) is 59.3 Å². The van der Waals surface area contributed by atoms with Crippen LogP contribution in [-0.2, 0) is 4.74 Å². The van der Waals surface area contributed by atoms with Gasteiger partial charge in [0.15, 0.2) is 5.82 Å². The van der Waals surface area contributed by atoms with E-state index in [1.54, 1.807) is 7.11 Å². The zero-order valence-electron chi connectivity index (χ0n) is 20.0. The van der Waals surface area contributed by atoms with Gasteiger partial charge in [-0.15, -0.1) is 10.2 Å². The Hall–Kier alpha value is -2.67. The third kappa shape index (κ3) is 5.97. The maximum Gasteiger partial charge on any atom is 0.204 e. The summed E-state index contributed by atoms with van der Waals surface area (Å²) in [4.78, 5) is 4.82. The average molecular weight is 442 g/mol. The third-order valence-corrected chi connectivity index (χ3v) is 5.63. The number of unbranched alkanes of at least 4 members (excludes halogenated alkanes) is 2. The van der Waals surface area contributed by atoms with Crippen LogP contribution in [0.2, 0.25) is 0 Å². The first-order chi connectivity index (χ1) is 15.7. The maximum atomic E-state index is 5.75. The molecular weight excluding hydrogens is 402 g/mol. The fourth-order valence-corrected chi connectivity index (χ4v) is 3.76. The molecule has 0 amide bonds. The van der Waals surface area contributed by atoms with E-state index < -0.39 is 0 Å². The molecule has 1 N–H and O–H groups in total. The van der Waals surface area contributed by atoms with Crippen LogP contribution < -0.4 is 10.1 Å². The number of benzene rings is 1. The van der Waals surface area contributed by atoms with Gasteiger partial charge in [-0.25, -0.2) is 4.98 Å². The van der Waals surface area contributed by atoms with Gasteiger partial charge in [-0.3, -0.25) is 4.40 Å². The van der Waals surface area contributed by atoms with Gasteiger partial charge >= 0.3 is 0 Å². The van der Waals surface area contributed by atoms with Crippen LogP contribution in [-0.4, -0.2) is 46.5 Å². The number of anilines is 1. The second-order valence-electron chi connectivity index (χ2n) is 8.03. The van der Waals surface area contributed by atoms with E-state index in [0.717, 1.165) is 53.0 Å². The van der Waals surface area contributed by atoms with E-state index in [0.29, 0.717) is 13.2 Å². The normalized spacial score (nSPS) is 13.1. The van der Waals surface area contributed by atoms with E-state index in [1.807, 2.05) is 43.4 Å². The molecule has 0 spiro atoms. The lowest BCUT2D eigenvalue weighted by atomic mass is 10.1. The average Bonchev–Trinajstić information content (AvgIpc) is 3.60. The summed E-state index contributed by atoms with van der Waals surface area (Å²) in [6.45, 7) is 12.1. The Kier molecular flexibility index (Phi) is 8.85. The molecule has 32 heavy (non-hydrogen) atoms. The SMILES string of the molecule is C=C(CCCCCNc1nc2cc(OCCOC)ccc2n2c(C)nnc12)C1CC1.CC.[HH]. The lowest BCUT2D eigenvalue weighted by Crippen LogP contribution is -2.07. The van der Waals surface area contributed by atoms with Gasteiger partial charge in [0, 0.05) is 21.1 Å². The highest BCUT2D eigenvalue weighted by Gasteiger charge is 2.23. The zero-order valence-corrected chi connectivity index (χ0v) is 20.0. The molecule has 176 valence electrons. The molecule has 0 aliphatic heterocycles. The zero-order chi connectivity index (χ0) is 22.9. The Labute approximate surface area is 192 Å². The molecule has 0 atom stereocenters. The summed E-state index contributed by atoms with van der Waals surface area (Å²) in [6.07, 6.45) is 7.35. The van der Waals surface area contributed by atoms with Crippen LogP contribution in [0.25, 0.3) is 16.7 Å². The molecule has 1 aliphatic rings. The highest BCUT2D eigenvalue weighted by Crippen LogP contribution is 2.37. The van der Waals surface area contributed by atoms with Crippen molar-refractivity contribution >= 4 is 22.5 Å². The number of rotatable bonds is 12. The van der Waals surface area contributed by atoms with E-state index in [4.69, 9.17) is 14.5 Å². The van der Waals surface area contributed by atoms with Crippen LogP contribution in [0, 0.1) is 12.8 Å². The number of aryl methyl sites for hydroxylation is 1. The van der Waals surface area contributed by atoms with E-state index in [9.17, 15) is 0 Å². The minimum absolute atomic E-state index is 0. The number of hydrogen-bond donors (Lipinski definition) is 1. The fourth-order valence-electron chi connectivity index (χ4n) is 3.76. The molecule has 3 aromatic rings. The molecule has 1 fully saturated rings. The number of aromatic nitrogens is 4. The molecule has 2 aromatic heterocycles. The van der Waals surface area contributed by atoms with E-state index >= 15 is 0 Å². The van der Waals surface area contributed by atoms with Crippen LogP contribution in [0.15, 0.2) is 30.4 Å². The van der Waals surface area contributed by atoms with Crippen LogP contribution in [0.4, 0.5) is 5.82 Å². The molecule has 0 saturated heterocycles. The number of methoxy groups -OCH3 is 1. The molecule has 7 nitrogen and oxygen atoms in total. The molecule has 0 unspecified atom stereocenters. The summed E-state index contributed by atoms with van der Waals surface area (Å²) >= 11 is 0. The van der Waals surface area contributed by atoms with Crippen LogP contribution in [0.1, 0.15) is 59.6 Å². The lowest BCUT2D eigenvalue weighted by Gasteiger charge is -2.11. The van der Waals surface area contributed by atoms with Crippen molar-refractivity contribution in [3.8, 4) is 5.75 Å². The molecule has 1 saturated carbocycles. The summed E-state index contributed by atoms with van der Waals surface area (Å²) in [5.41, 5.74) is 4.03. The third-order valence-electron chi connectivity index (χ3n) is 5.63. The van der Waals surface area contributed by atoms with Gasteiger partial charge in [0.2, 0.25) is 5.65 Å². The van der Waals surface area contributed by atoms with Gasteiger partial charge in [-0.05, 0) is 57.1 Å². The van der Waals surface area contributed by atoms with Crippen molar-refractivity contribution in [3.05, 3.63) is 36.2 Å². The van der Waals surface area contributed by atoms with Crippen molar-refractivity contribution in [2.24, 2.45) is 5.92 Å². The van der Waals surface area contributed by atoms with Crippen molar-refractivity contribution in [1.29, 1.82) is 0 Å². The van der Waals surface area contributed by atoms with E-state index in [2.05, 4.69) is 22.1 Å². The van der Waals surface area contributed by atoms with E-state index in [-0.39, 0.29) is 1.43 Å². The van der Waals surface area contributed by atoms with E-state index in [1.165, 1.54) is 37.7 Å². The number of hydrogen-bond acceptors (Lipinski definition) is 6. The number of fused-ring (bicyclic) bond motifs is 3. The highest BCUT2D eigenvalue weighted by atomic mass is 16.5. The van der Waals surface area contributed by atoms with Gasteiger partial charge in [-0.1, -0.05) is 32.4 Å². The summed E-state index contributed by atoms with van der Waals surface area (Å²) in [5, 5.41) is 12.1. The minimum atomic E-state index is 0. The molecule has 2 heterocycles. The number of nitrogens with one attached hydrogen (secondary N) is 1. The van der Waals surface area contributed by atoms with Crippen molar-refractivity contribution < 1.29 is 10.9 Å². The molecule has 1 aliphatic carbocycles. The predicted octanol–water partition coefficient (Wildman–Crippen LogP) is 5.82. The fraction of sp³-hybridized carbons (Fsp3) is 0.560. The molecule has 1 aromatic carbocycles. The standard InChI is InChI=1S/C23H31N5O2.C2H6.H2/c1-16(18-8-9-18)7-5-4-6-12-24-22-23-27-26-17(2)28(23)21-11-10-19(15-20(21)25-22)30-14-13-29-3;1-2;/h10-11,15,18H,1,4-9,12-14H2,2-3H3,(H,24,25);1-2H3;1H. The molecule has 4 rings (SSSR count). The lowest BCUT2D eigenvalue weighted by molar-refractivity contribution is 0.146. The number of ether oxygens (including phenoxy) is 2. The monoisotopic (exact) mass is 441 g/mol. The summed E-state index contributed by atoms with van der Waals surface area (Å²) in [6, 6.07) is 5.91. The number of allylic oxidation sites excluding steroid dienone is 1. The second kappa shape index (κ2) is 11.8. The Bertz CT molecular complexity index is 1030. The summed E-state index contributed by atoms with van der Waals surface area (Å²) in [7, 11) is 1.66.